The number of hydrogen-bond acceptors (Lipinski definition) is 7. The summed E-state index contributed by atoms with van der Waals surface area (Å²) in [5.74, 6) is -0.0381. The summed E-state index contributed by atoms with van der Waals surface area (Å²) in [6, 6.07) is 4.76. The molecule has 5 rings (SSSR count). The van der Waals surface area contributed by atoms with E-state index in [0.29, 0.717) is 37.4 Å². The molecular weight excluding hydrogens is 452 g/mol. The number of carbonyl (C=O) groups excluding carboxylic acids is 3. The molecule has 1 unspecified atom stereocenters. The third-order valence-corrected chi connectivity index (χ3v) is 7.32. The second-order valence-corrected chi connectivity index (χ2v) is 9.42. The van der Waals surface area contributed by atoms with Crippen molar-refractivity contribution < 1.29 is 28.3 Å². The maximum absolute atomic E-state index is 13.3. The van der Waals surface area contributed by atoms with Crippen LogP contribution in [0.1, 0.15) is 56.4 Å². The van der Waals surface area contributed by atoms with Gasteiger partial charge in [0.05, 0.1) is 11.6 Å². The average Bonchev–Trinajstić information content (AvgIpc) is 3.49. The number of carbonyl (C=O) groups is 3. The molecule has 1 saturated carbocycles. The number of nitrogens with one attached hydrogen (secondary N) is 3. The molecule has 3 heterocycles. The van der Waals surface area contributed by atoms with Crippen molar-refractivity contribution in [2.75, 3.05) is 23.8 Å². The zero-order valence-electron chi connectivity index (χ0n) is 19.5. The van der Waals surface area contributed by atoms with Crippen LogP contribution in [0.2, 0.25) is 0 Å². The van der Waals surface area contributed by atoms with Crippen LogP contribution in [0.25, 0.3) is 0 Å². The lowest BCUT2D eigenvalue weighted by Gasteiger charge is -2.31. The van der Waals surface area contributed by atoms with Crippen molar-refractivity contribution in [3.63, 3.8) is 0 Å². The van der Waals surface area contributed by atoms with E-state index in [0.717, 1.165) is 37.7 Å². The number of rotatable bonds is 6. The molecule has 1 atom stereocenters. The second-order valence-electron chi connectivity index (χ2n) is 9.42. The van der Waals surface area contributed by atoms with Crippen molar-refractivity contribution in [1.29, 1.82) is 0 Å². The molecule has 1 saturated heterocycles. The van der Waals surface area contributed by atoms with Gasteiger partial charge in [-0.1, -0.05) is 25.3 Å². The molecule has 0 bridgehead atoms. The molecule has 0 radical (unpaired) electrons. The smallest absolute Gasteiger partial charge is 0.408 e. The van der Waals surface area contributed by atoms with E-state index in [1.807, 2.05) is 12.1 Å². The maximum atomic E-state index is 13.3. The van der Waals surface area contributed by atoms with E-state index in [4.69, 9.17) is 13.9 Å². The quantitative estimate of drug-likeness (QED) is 0.574. The molecule has 2 aliphatic heterocycles. The van der Waals surface area contributed by atoms with E-state index < -0.39 is 17.6 Å². The van der Waals surface area contributed by atoms with Gasteiger partial charge in [0.25, 0.3) is 0 Å². The highest BCUT2D eigenvalue weighted by molar-refractivity contribution is 6.07. The summed E-state index contributed by atoms with van der Waals surface area (Å²) >= 11 is 0. The van der Waals surface area contributed by atoms with Gasteiger partial charge in [-0.2, -0.15) is 0 Å². The molecule has 10 nitrogen and oxygen atoms in total. The summed E-state index contributed by atoms with van der Waals surface area (Å²) in [5.41, 5.74) is 1.66. The van der Waals surface area contributed by atoms with Gasteiger partial charge in [-0.25, -0.2) is 9.78 Å². The zero-order valence-corrected chi connectivity index (χ0v) is 19.5. The standard InChI is InChI=1S/C25H30N4O6/c30-22(21(16-4-2-1-3-5-16)29-24(32)35-15-20-26-10-13-34-20)27-17-6-7-18-19(14-17)28-23(31)25(18)8-11-33-12-9-25/h6-7,10,13-14,16,21H,1-5,8-9,11-12,15H2,(H,27,30)(H,28,31)(H,29,32). The lowest BCUT2D eigenvalue weighted by Crippen LogP contribution is -2.49. The van der Waals surface area contributed by atoms with Gasteiger partial charge in [-0.15, -0.1) is 0 Å². The third-order valence-electron chi connectivity index (χ3n) is 7.32. The van der Waals surface area contributed by atoms with Crippen molar-refractivity contribution in [2.45, 2.75) is 63.0 Å². The van der Waals surface area contributed by atoms with Crippen LogP contribution in [0, 0.1) is 5.92 Å². The summed E-state index contributed by atoms with van der Waals surface area (Å²) in [5, 5.41) is 8.66. The minimum Gasteiger partial charge on any atom is -0.446 e. The van der Waals surface area contributed by atoms with Gasteiger partial charge in [0, 0.05) is 24.6 Å². The number of amides is 3. The number of anilines is 2. The van der Waals surface area contributed by atoms with E-state index >= 15 is 0 Å². The number of alkyl carbamates (subject to hydrolysis) is 1. The van der Waals surface area contributed by atoms with Crippen LogP contribution in [0.15, 0.2) is 35.1 Å². The fourth-order valence-corrected chi connectivity index (χ4v) is 5.43. The highest BCUT2D eigenvalue weighted by atomic mass is 16.6. The number of fused-ring (bicyclic) bond motifs is 2. The van der Waals surface area contributed by atoms with Gasteiger partial charge in [0.2, 0.25) is 17.7 Å². The summed E-state index contributed by atoms with van der Waals surface area (Å²) in [4.78, 5) is 42.5. The second kappa shape index (κ2) is 10.1. The first kappa shape index (κ1) is 23.3. The maximum Gasteiger partial charge on any atom is 0.408 e. The lowest BCUT2D eigenvalue weighted by atomic mass is 9.75. The molecule has 10 heteroatoms. The first-order valence-corrected chi connectivity index (χ1v) is 12.2. The van der Waals surface area contributed by atoms with Crippen LogP contribution in [0.3, 0.4) is 0 Å². The number of aromatic nitrogens is 1. The zero-order chi connectivity index (χ0) is 24.3. The van der Waals surface area contributed by atoms with Crippen LogP contribution >= 0.6 is 0 Å². The summed E-state index contributed by atoms with van der Waals surface area (Å²) < 4.78 is 15.7. The van der Waals surface area contributed by atoms with Gasteiger partial charge in [-0.3, -0.25) is 9.59 Å². The van der Waals surface area contributed by atoms with E-state index in [1.165, 1.54) is 12.5 Å². The first-order chi connectivity index (χ1) is 17.0. The number of nitrogens with zero attached hydrogens (tertiary/aromatic N) is 1. The Bertz CT molecular complexity index is 1070. The highest BCUT2D eigenvalue weighted by Gasteiger charge is 2.47. The lowest BCUT2D eigenvalue weighted by molar-refractivity contribution is -0.124. The molecule has 2 fully saturated rings. The predicted molar refractivity (Wildman–Crippen MR) is 126 cm³/mol. The van der Waals surface area contributed by atoms with Gasteiger partial charge >= 0.3 is 6.09 Å². The minimum atomic E-state index is -0.739. The SMILES string of the molecule is O=C(NC(C(=O)Nc1ccc2c(c1)NC(=O)C21CCOCC1)C1CCCCC1)OCc1ncco1. The Balaban J connectivity index is 1.28. The number of ether oxygens (including phenoxy) is 2. The van der Waals surface area contributed by atoms with Crippen LogP contribution in [0.4, 0.5) is 16.2 Å². The van der Waals surface area contributed by atoms with Crippen molar-refractivity contribution >= 4 is 29.3 Å². The number of hydrogen-bond donors (Lipinski definition) is 3. The molecule has 3 N–H and O–H groups in total. The first-order valence-electron chi connectivity index (χ1n) is 12.2. The number of benzene rings is 1. The Labute approximate surface area is 203 Å². The molecular formula is C25H30N4O6. The van der Waals surface area contributed by atoms with Crippen LogP contribution in [0.5, 0.6) is 0 Å². The molecule has 1 aromatic carbocycles. The third kappa shape index (κ3) is 4.88. The van der Waals surface area contributed by atoms with Crippen LogP contribution in [-0.4, -0.2) is 42.1 Å². The molecule has 1 aromatic heterocycles. The normalized spacial score (nSPS) is 20.1. The Hall–Kier alpha value is -3.40. The Kier molecular flexibility index (Phi) is 6.72. The predicted octanol–water partition coefficient (Wildman–Crippen LogP) is 3.49. The van der Waals surface area contributed by atoms with E-state index in [2.05, 4.69) is 20.9 Å². The Morgan fingerprint density at radius 3 is 2.74 bits per heavy atom. The molecule has 2 aromatic rings. The molecule has 35 heavy (non-hydrogen) atoms. The topological polar surface area (TPSA) is 132 Å². The molecule has 3 aliphatic rings. The fourth-order valence-electron chi connectivity index (χ4n) is 5.43. The van der Waals surface area contributed by atoms with Crippen molar-refractivity contribution in [2.24, 2.45) is 5.92 Å². The summed E-state index contributed by atoms with van der Waals surface area (Å²) in [6.07, 6.45) is 8.30. The van der Waals surface area contributed by atoms with Crippen molar-refractivity contribution in [3.05, 3.63) is 42.1 Å². The number of oxazole rings is 1. The van der Waals surface area contributed by atoms with E-state index in [-0.39, 0.29) is 30.2 Å². The minimum absolute atomic E-state index is 0.0117. The molecule has 3 amide bonds. The summed E-state index contributed by atoms with van der Waals surface area (Å²) in [7, 11) is 0. The van der Waals surface area contributed by atoms with Gasteiger partial charge in [-0.05, 0) is 49.3 Å². The van der Waals surface area contributed by atoms with Crippen LogP contribution in [-0.2, 0) is 31.1 Å². The van der Waals surface area contributed by atoms with Crippen molar-refractivity contribution in [3.8, 4) is 0 Å². The largest absolute Gasteiger partial charge is 0.446 e. The average molecular weight is 483 g/mol. The Morgan fingerprint density at radius 1 is 1.20 bits per heavy atom. The van der Waals surface area contributed by atoms with Gasteiger partial charge < -0.3 is 29.8 Å². The summed E-state index contributed by atoms with van der Waals surface area (Å²) in [6.45, 7) is 0.980. The fraction of sp³-hybridized carbons (Fsp3) is 0.520. The van der Waals surface area contributed by atoms with E-state index in [9.17, 15) is 14.4 Å². The monoisotopic (exact) mass is 482 g/mol. The van der Waals surface area contributed by atoms with E-state index in [1.54, 1.807) is 6.07 Å². The highest BCUT2D eigenvalue weighted by Crippen LogP contribution is 2.45. The van der Waals surface area contributed by atoms with Crippen molar-refractivity contribution in [1.82, 2.24) is 10.3 Å². The molecule has 186 valence electrons. The van der Waals surface area contributed by atoms with Gasteiger partial charge in [0.15, 0.2) is 6.61 Å². The molecule has 1 spiro atoms. The molecule has 1 aliphatic carbocycles. The van der Waals surface area contributed by atoms with Gasteiger partial charge in [0.1, 0.15) is 12.3 Å². The Morgan fingerprint density at radius 2 is 2.00 bits per heavy atom. The van der Waals surface area contributed by atoms with Crippen LogP contribution < -0.4 is 16.0 Å².